The zero-order valence-electron chi connectivity index (χ0n) is 15.5. The first-order valence-corrected chi connectivity index (χ1v) is 8.78. The van der Waals surface area contributed by atoms with Gasteiger partial charge in [0.05, 0.1) is 7.11 Å². The van der Waals surface area contributed by atoms with Crippen LogP contribution in [0.2, 0.25) is 0 Å². The lowest BCUT2D eigenvalue weighted by Crippen LogP contribution is -2.49. The van der Waals surface area contributed by atoms with Gasteiger partial charge in [0.1, 0.15) is 11.5 Å². The summed E-state index contributed by atoms with van der Waals surface area (Å²) in [5.41, 5.74) is 6.66. The number of hydrogen-bond donors (Lipinski definition) is 3. The van der Waals surface area contributed by atoms with Crippen LogP contribution in [-0.2, 0) is 9.59 Å². The monoisotopic (exact) mass is 399 g/mol. The van der Waals surface area contributed by atoms with Crippen molar-refractivity contribution in [1.29, 1.82) is 0 Å². The van der Waals surface area contributed by atoms with Crippen LogP contribution >= 0.6 is 12.2 Å². The summed E-state index contributed by atoms with van der Waals surface area (Å²) in [6.07, 6.45) is 2.96. The van der Waals surface area contributed by atoms with E-state index >= 15 is 0 Å². The lowest BCUT2D eigenvalue weighted by Gasteiger charge is -2.10. The third-order valence-corrected chi connectivity index (χ3v) is 3.66. The summed E-state index contributed by atoms with van der Waals surface area (Å²) < 4.78 is 10.4. The third kappa shape index (κ3) is 7.46. The lowest BCUT2D eigenvalue weighted by molar-refractivity contribution is -0.123. The second-order valence-electron chi connectivity index (χ2n) is 5.70. The normalized spacial score (nSPS) is 10.2. The van der Waals surface area contributed by atoms with Gasteiger partial charge in [0.25, 0.3) is 5.91 Å². The highest BCUT2D eigenvalue weighted by molar-refractivity contribution is 7.80. The average Bonchev–Trinajstić information content (AvgIpc) is 2.69. The Labute approximate surface area is 168 Å². The van der Waals surface area contributed by atoms with Crippen LogP contribution in [0.1, 0.15) is 11.1 Å². The van der Waals surface area contributed by atoms with Crippen LogP contribution in [0.3, 0.4) is 0 Å². The summed E-state index contributed by atoms with van der Waals surface area (Å²) in [6.45, 7) is 1.74. The smallest absolute Gasteiger partial charge is 0.276 e. The first-order chi connectivity index (χ1) is 13.5. The number of rotatable bonds is 6. The fourth-order valence-corrected chi connectivity index (χ4v) is 2.24. The molecule has 0 aliphatic heterocycles. The van der Waals surface area contributed by atoms with Crippen LogP contribution in [-0.4, -0.2) is 30.6 Å². The van der Waals surface area contributed by atoms with E-state index in [2.05, 4.69) is 16.2 Å². The van der Waals surface area contributed by atoms with E-state index in [0.717, 1.165) is 16.9 Å². The summed E-state index contributed by atoms with van der Waals surface area (Å²) >= 11 is 4.96. The van der Waals surface area contributed by atoms with Gasteiger partial charge in [0, 0.05) is 6.08 Å². The van der Waals surface area contributed by atoms with Gasteiger partial charge in [-0.05, 0) is 60.6 Å². The number of hydrogen-bond acceptors (Lipinski definition) is 5. The molecule has 0 bridgehead atoms. The predicted octanol–water partition coefficient (Wildman–Crippen LogP) is 2.12. The van der Waals surface area contributed by atoms with Gasteiger partial charge in [0.15, 0.2) is 11.7 Å². The molecular weight excluding hydrogens is 378 g/mol. The Morgan fingerprint density at radius 1 is 1.07 bits per heavy atom. The highest BCUT2D eigenvalue weighted by Crippen LogP contribution is 2.12. The SMILES string of the molecule is COc1ccc(C=CC(=O)NC(=S)NNC(=O)COc2cccc(C)c2)cc1. The van der Waals surface area contributed by atoms with Gasteiger partial charge >= 0.3 is 0 Å². The molecule has 146 valence electrons. The Kier molecular flexibility index (Phi) is 7.98. The van der Waals surface area contributed by atoms with E-state index in [-0.39, 0.29) is 11.7 Å². The van der Waals surface area contributed by atoms with Crippen molar-refractivity contribution in [3.8, 4) is 11.5 Å². The molecule has 2 amide bonds. The van der Waals surface area contributed by atoms with Gasteiger partial charge in [-0.1, -0.05) is 24.3 Å². The van der Waals surface area contributed by atoms with Gasteiger partial charge in [-0.25, -0.2) is 0 Å². The summed E-state index contributed by atoms with van der Waals surface area (Å²) in [4.78, 5) is 23.6. The van der Waals surface area contributed by atoms with Crippen molar-refractivity contribution >= 4 is 35.2 Å². The molecule has 28 heavy (non-hydrogen) atoms. The standard InChI is InChI=1S/C20H21N3O4S/c1-14-4-3-5-17(12-14)27-13-19(25)22-23-20(28)21-18(24)11-8-15-6-9-16(26-2)10-7-15/h3-12H,13H2,1-2H3,(H,22,25)(H2,21,23,24,28). The Hall–Kier alpha value is -3.39. The molecule has 0 spiro atoms. The molecule has 7 nitrogen and oxygen atoms in total. The Morgan fingerprint density at radius 2 is 1.82 bits per heavy atom. The van der Waals surface area contributed by atoms with Crippen LogP contribution in [0, 0.1) is 6.92 Å². The molecule has 0 aliphatic rings. The number of carbonyl (C=O) groups is 2. The molecule has 0 aliphatic carbocycles. The molecule has 0 aromatic heterocycles. The zero-order chi connectivity index (χ0) is 20.4. The fourth-order valence-electron chi connectivity index (χ4n) is 2.09. The van der Waals surface area contributed by atoms with Gasteiger partial charge in [-0.3, -0.25) is 25.8 Å². The van der Waals surface area contributed by atoms with Gasteiger partial charge in [-0.2, -0.15) is 0 Å². The van der Waals surface area contributed by atoms with Crippen LogP contribution < -0.4 is 25.6 Å². The van der Waals surface area contributed by atoms with E-state index in [0.29, 0.717) is 5.75 Å². The first kappa shape index (κ1) is 20.9. The summed E-state index contributed by atoms with van der Waals surface area (Å²) in [6, 6.07) is 14.6. The maximum absolute atomic E-state index is 11.8. The van der Waals surface area contributed by atoms with E-state index in [1.54, 1.807) is 31.4 Å². The molecule has 3 N–H and O–H groups in total. The minimum absolute atomic E-state index is 0.0340. The van der Waals surface area contributed by atoms with Gasteiger partial charge < -0.3 is 9.47 Å². The molecular formula is C20H21N3O4S. The largest absolute Gasteiger partial charge is 0.497 e. The number of thiocarbonyl (C=S) groups is 1. The molecule has 0 unspecified atom stereocenters. The zero-order valence-corrected chi connectivity index (χ0v) is 16.3. The number of benzene rings is 2. The lowest BCUT2D eigenvalue weighted by atomic mass is 10.2. The van der Waals surface area contributed by atoms with Crippen LogP contribution in [0.25, 0.3) is 6.08 Å². The Balaban J connectivity index is 1.69. The van der Waals surface area contributed by atoms with Crippen molar-refractivity contribution < 1.29 is 19.1 Å². The number of hydrazine groups is 1. The Bertz CT molecular complexity index is 866. The van der Waals surface area contributed by atoms with Crippen LogP contribution in [0.5, 0.6) is 11.5 Å². The third-order valence-electron chi connectivity index (χ3n) is 3.45. The molecule has 0 fully saturated rings. The molecule has 0 radical (unpaired) electrons. The topological polar surface area (TPSA) is 88.7 Å². The maximum Gasteiger partial charge on any atom is 0.276 e. The Morgan fingerprint density at radius 3 is 2.50 bits per heavy atom. The fraction of sp³-hybridized carbons (Fsp3) is 0.150. The van der Waals surface area contributed by atoms with Crippen molar-refractivity contribution in [2.45, 2.75) is 6.92 Å². The minimum atomic E-state index is -0.438. The van der Waals surface area contributed by atoms with E-state index in [1.807, 2.05) is 37.3 Å². The molecule has 0 saturated heterocycles. The van der Waals surface area contributed by atoms with Gasteiger partial charge in [0.2, 0.25) is 5.91 Å². The maximum atomic E-state index is 11.8. The van der Waals surface area contributed by atoms with Crippen molar-refractivity contribution in [2.75, 3.05) is 13.7 Å². The predicted molar refractivity (Wildman–Crippen MR) is 111 cm³/mol. The molecule has 2 aromatic rings. The minimum Gasteiger partial charge on any atom is -0.497 e. The number of amides is 2. The molecule has 0 atom stereocenters. The number of nitrogens with one attached hydrogen (secondary N) is 3. The second kappa shape index (κ2) is 10.7. The van der Waals surface area contributed by atoms with Crippen molar-refractivity contribution in [2.24, 2.45) is 0 Å². The molecule has 2 rings (SSSR count). The van der Waals surface area contributed by atoms with E-state index in [1.165, 1.54) is 6.08 Å². The molecule has 0 saturated carbocycles. The quantitative estimate of drug-likeness (QED) is 0.392. The molecule has 2 aromatic carbocycles. The summed E-state index contributed by atoms with van der Waals surface area (Å²) in [7, 11) is 1.58. The highest BCUT2D eigenvalue weighted by Gasteiger charge is 2.05. The van der Waals surface area contributed by atoms with Crippen LogP contribution in [0.15, 0.2) is 54.6 Å². The van der Waals surface area contributed by atoms with Gasteiger partial charge in [-0.15, -0.1) is 0 Å². The number of carbonyl (C=O) groups excluding carboxylic acids is 2. The van der Waals surface area contributed by atoms with E-state index < -0.39 is 11.8 Å². The van der Waals surface area contributed by atoms with E-state index in [4.69, 9.17) is 21.7 Å². The molecule has 8 heteroatoms. The van der Waals surface area contributed by atoms with Crippen LogP contribution in [0.4, 0.5) is 0 Å². The summed E-state index contributed by atoms with van der Waals surface area (Å²) in [5.74, 6) is 0.453. The number of aryl methyl sites for hydroxylation is 1. The van der Waals surface area contributed by atoms with Crippen molar-refractivity contribution in [1.82, 2.24) is 16.2 Å². The summed E-state index contributed by atoms with van der Waals surface area (Å²) in [5, 5.41) is 2.39. The van der Waals surface area contributed by atoms with E-state index in [9.17, 15) is 9.59 Å². The van der Waals surface area contributed by atoms with Crippen molar-refractivity contribution in [3.05, 3.63) is 65.7 Å². The molecule has 0 heterocycles. The highest BCUT2D eigenvalue weighted by atomic mass is 32.1. The first-order valence-electron chi connectivity index (χ1n) is 8.37. The second-order valence-corrected chi connectivity index (χ2v) is 6.11. The average molecular weight is 399 g/mol. The number of methoxy groups -OCH3 is 1. The number of ether oxygens (including phenoxy) is 2. The van der Waals surface area contributed by atoms with Crippen molar-refractivity contribution in [3.63, 3.8) is 0 Å².